The second-order valence-electron chi connectivity index (χ2n) is 5.45. The molecule has 144 valence electrons. The molecule has 0 bridgehead atoms. The third-order valence-corrected chi connectivity index (χ3v) is 4.56. The maximum atomic E-state index is 12.5. The fraction of sp³-hybridized carbons (Fsp3) is 0.278. The molecule has 2 rings (SSSR count). The van der Waals surface area contributed by atoms with Crippen LogP contribution in [0.5, 0.6) is 0 Å². The summed E-state index contributed by atoms with van der Waals surface area (Å²) in [5.74, 6) is -1.56. The zero-order chi connectivity index (χ0) is 19.8. The quantitative estimate of drug-likeness (QED) is 0.515. The molecule has 0 saturated carbocycles. The van der Waals surface area contributed by atoms with Crippen LogP contribution in [0.3, 0.4) is 0 Å². The second kappa shape index (κ2) is 10.1. The second-order valence-corrected chi connectivity index (χ2v) is 6.84. The lowest BCUT2D eigenvalue weighted by Gasteiger charge is -2.15. The Balaban J connectivity index is 2.09. The number of methoxy groups -OCH3 is 1. The average Bonchev–Trinajstić information content (AvgIpc) is 3.16. The van der Waals surface area contributed by atoms with E-state index < -0.39 is 18.0 Å². The van der Waals surface area contributed by atoms with Crippen molar-refractivity contribution in [3.8, 4) is 0 Å². The fourth-order valence-corrected chi connectivity index (χ4v) is 2.88. The highest BCUT2D eigenvalue weighted by molar-refractivity contribution is 7.12. The van der Waals surface area contributed by atoms with Crippen LogP contribution in [-0.2, 0) is 14.3 Å². The molecule has 2 N–H and O–H groups in total. The molecule has 0 aliphatic heterocycles. The molecule has 7 nitrogen and oxygen atoms in total. The van der Waals surface area contributed by atoms with Crippen molar-refractivity contribution in [1.29, 1.82) is 0 Å². The van der Waals surface area contributed by atoms with Gasteiger partial charge in [0.1, 0.15) is 0 Å². The van der Waals surface area contributed by atoms with Crippen LogP contribution in [0, 0.1) is 0 Å². The van der Waals surface area contributed by atoms with Gasteiger partial charge in [0.05, 0.1) is 22.7 Å². The molecule has 27 heavy (non-hydrogen) atoms. The van der Waals surface area contributed by atoms with Gasteiger partial charge in [0.25, 0.3) is 11.8 Å². The van der Waals surface area contributed by atoms with Crippen LogP contribution in [0.2, 0.25) is 5.02 Å². The molecule has 0 aliphatic carbocycles. The summed E-state index contributed by atoms with van der Waals surface area (Å²) in [4.78, 5) is 37.1. The van der Waals surface area contributed by atoms with Crippen molar-refractivity contribution in [3.63, 3.8) is 0 Å². The Morgan fingerprint density at radius 3 is 2.70 bits per heavy atom. The van der Waals surface area contributed by atoms with E-state index in [9.17, 15) is 14.4 Å². The van der Waals surface area contributed by atoms with E-state index in [4.69, 9.17) is 21.1 Å². The predicted molar refractivity (Wildman–Crippen MR) is 103 cm³/mol. The van der Waals surface area contributed by atoms with Gasteiger partial charge in [-0.05, 0) is 36.6 Å². The summed E-state index contributed by atoms with van der Waals surface area (Å²) >= 11 is 7.25. The molecule has 0 spiro atoms. The first kappa shape index (κ1) is 20.9. The molecule has 1 atom stereocenters. The number of anilines is 1. The summed E-state index contributed by atoms with van der Waals surface area (Å²) in [6.07, 6.45) is -1.01. The largest absolute Gasteiger partial charge is 0.449 e. The molecule has 0 fully saturated rings. The normalized spacial score (nSPS) is 11.5. The number of hydrogen-bond donors (Lipinski definition) is 2. The summed E-state index contributed by atoms with van der Waals surface area (Å²) in [6, 6.07) is 7.80. The number of thiophene rings is 1. The monoisotopic (exact) mass is 410 g/mol. The van der Waals surface area contributed by atoms with Crippen molar-refractivity contribution in [2.24, 2.45) is 0 Å². The number of esters is 1. The van der Waals surface area contributed by atoms with Crippen molar-refractivity contribution < 1.29 is 23.9 Å². The zero-order valence-electron chi connectivity index (χ0n) is 14.8. The molecule has 2 amide bonds. The smallest absolute Gasteiger partial charge is 0.341 e. The molecule has 2 aromatic rings. The Labute approximate surface area is 165 Å². The van der Waals surface area contributed by atoms with Gasteiger partial charge in [0.15, 0.2) is 6.10 Å². The number of hydrogen-bond acceptors (Lipinski definition) is 6. The highest BCUT2D eigenvalue weighted by atomic mass is 35.5. The molecule has 0 unspecified atom stereocenters. The number of benzene rings is 1. The Morgan fingerprint density at radius 1 is 1.26 bits per heavy atom. The van der Waals surface area contributed by atoms with E-state index in [0.717, 1.165) is 0 Å². The Bertz CT molecular complexity index is 810. The molecular formula is C18H19ClN2O5S. The fourth-order valence-electron chi connectivity index (χ4n) is 2.09. The number of nitrogens with one attached hydrogen (secondary N) is 2. The van der Waals surface area contributed by atoms with E-state index >= 15 is 0 Å². The van der Waals surface area contributed by atoms with E-state index in [-0.39, 0.29) is 17.2 Å². The number of amides is 2. The standard InChI is InChI=1S/C18H19ClN2O5S/c1-11(16(22)20-7-8-25-2)26-18(24)13-6-5-12(19)10-14(13)21-17(23)15-4-3-9-27-15/h3-6,9-11H,7-8H2,1-2H3,(H,20,22)(H,21,23)/t11-/m1/s1. The highest BCUT2D eigenvalue weighted by Crippen LogP contribution is 2.24. The molecule has 1 aromatic heterocycles. The summed E-state index contributed by atoms with van der Waals surface area (Å²) in [7, 11) is 1.52. The molecule has 0 radical (unpaired) electrons. The summed E-state index contributed by atoms with van der Waals surface area (Å²) < 4.78 is 10.0. The number of carbonyl (C=O) groups is 3. The molecular weight excluding hydrogens is 392 g/mol. The third kappa shape index (κ3) is 6.06. The van der Waals surface area contributed by atoms with Gasteiger partial charge in [0, 0.05) is 18.7 Å². The Hall–Kier alpha value is -2.42. The van der Waals surface area contributed by atoms with Crippen LogP contribution in [0.15, 0.2) is 35.7 Å². The minimum atomic E-state index is -1.01. The van der Waals surface area contributed by atoms with Crippen LogP contribution in [0.1, 0.15) is 27.0 Å². The Kier molecular flexibility index (Phi) is 7.78. The summed E-state index contributed by atoms with van der Waals surface area (Å²) in [6.45, 7) is 2.11. The molecule has 1 aromatic carbocycles. The van der Waals surface area contributed by atoms with E-state index in [0.29, 0.717) is 23.1 Å². The van der Waals surface area contributed by atoms with Crippen LogP contribution < -0.4 is 10.6 Å². The molecule has 0 saturated heterocycles. The first-order valence-electron chi connectivity index (χ1n) is 8.04. The van der Waals surface area contributed by atoms with Crippen molar-refractivity contribution in [3.05, 3.63) is 51.2 Å². The van der Waals surface area contributed by atoms with E-state index in [1.54, 1.807) is 17.5 Å². The minimum absolute atomic E-state index is 0.0980. The number of carbonyl (C=O) groups excluding carboxylic acids is 3. The lowest BCUT2D eigenvalue weighted by atomic mass is 10.1. The van der Waals surface area contributed by atoms with Gasteiger partial charge in [0.2, 0.25) is 0 Å². The van der Waals surface area contributed by atoms with Crippen molar-refractivity contribution in [2.75, 3.05) is 25.6 Å². The zero-order valence-corrected chi connectivity index (χ0v) is 16.4. The number of rotatable bonds is 8. The topological polar surface area (TPSA) is 93.7 Å². The maximum absolute atomic E-state index is 12.5. The van der Waals surface area contributed by atoms with Crippen LogP contribution >= 0.6 is 22.9 Å². The van der Waals surface area contributed by atoms with Crippen LogP contribution in [0.25, 0.3) is 0 Å². The molecule has 9 heteroatoms. The van der Waals surface area contributed by atoms with Crippen molar-refractivity contribution >= 4 is 46.4 Å². The van der Waals surface area contributed by atoms with Gasteiger partial charge in [-0.25, -0.2) is 4.79 Å². The van der Waals surface area contributed by atoms with Gasteiger partial charge in [-0.15, -0.1) is 11.3 Å². The van der Waals surface area contributed by atoms with Gasteiger partial charge in [-0.1, -0.05) is 17.7 Å². The van der Waals surface area contributed by atoms with Gasteiger partial charge in [-0.2, -0.15) is 0 Å². The first-order chi connectivity index (χ1) is 12.9. The van der Waals surface area contributed by atoms with Crippen LogP contribution in [0.4, 0.5) is 5.69 Å². The first-order valence-corrected chi connectivity index (χ1v) is 9.30. The number of ether oxygens (including phenoxy) is 2. The van der Waals surface area contributed by atoms with E-state index in [1.807, 2.05) is 0 Å². The summed E-state index contributed by atoms with van der Waals surface area (Å²) in [5, 5.41) is 7.35. The lowest BCUT2D eigenvalue weighted by Crippen LogP contribution is -2.37. The van der Waals surface area contributed by atoms with Crippen molar-refractivity contribution in [2.45, 2.75) is 13.0 Å². The Morgan fingerprint density at radius 2 is 2.04 bits per heavy atom. The van der Waals surface area contributed by atoms with Gasteiger partial charge >= 0.3 is 5.97 Å². The van der Waals surface area contributed by atoms with Crippen LogP contribution in [-0.4, -0.2) is 44.1 Å². The third-order valence-electron chi connectivity index (χ3n) is 3.45. The van der Waals surface area contributed by atoms with E-state index in [1.165, 1.54) is 43.6 Å². The predicted octanol–water partition coefficient (Wildman–Crippen LogP) is 2.96. The molecule has 0 aliphatic rings. The van der Waals surface area contributed by atoms with Gasteiger partial charge < -0.3 is 20.1 Å². The van der Waals surface area contributed by atoms with Gasteiger partial charge in [-0.3, -0.25) is 9.59 Å². The number of halogens is 1. The average molecular weight is 411 g/mol. The summed E-state index contributed by atoms with van der Waals surface area (Å²) in [5.41, 5.74) is 0.304. The highest BCUT2D eigenvalue weighted by Gasteiger charge is 2.22. The SMILES string of the molecule is COCCNC(=O)[C@@H](C)OC(=O)c1ccc(Cl)cc1NC(=O)c1cccs1. The maximum Gasteiger partial charge on any atom is 0.341 e. The van der Waals surface area contributed by atoms with E-state index in [2.05, 4.69) is 10.6 Å². The molecule has 1 heterocycles. The lowest BCUT2D eigenvalue weighted by molar-refractivity contribution is -0.129. The van der Waals surface area contributed by atoms with Crippen molar-refractivity contribution in [1.82, 2.24) is 5.32 Å². The minimum Gasteiger partial charge on any atom is -0.449 e.